The summed E-state index contributed by atoms with van der Waals surface area (Å²) in [7, 11) is 0. The van der Waals surface area contributed by atoms with E-state index in [9.17, 15) is 4.79 Å². The summed E-state index contributed by atoms with van der Waals surface area (Å²) in [6, 6.07) is 17.3. The highest BCUT2D eigenvalue weighted by molar-refractivity contribution is 5.89. The molecule has 0 fully saturated rings. The Balaban J connectivity index is 1.76. The number of rotatable bonds is 9. The summed E-state index contributed by atoms with van der Waals surface area (Å²) in [4.78, 5) is 11.9. The summed E-state index contributed by atoms with van der Waals surface area (Å²) in [6.07, 6.45) is 1.34. The molecule has 0 aliphatic rings. The minimum absolute atomic E-state index is 0.0179. The van der Waals surface area contributed by atoms with E-state index in [1.807, 2.05) is 61.5 Å². The molecule has 5 nitrogen and oxygen atoms in total. The SMILES string of the molecule is CCC(CCO)NC(=O)Nc1ccc(COCc2ccccc2)cc1. The number of hydrogen-bond acceptors (Lipinski definition) is 3. The van der Waals surface area contributed by atoms with Crippen LogP contribution in [0, 0.1) is 0 Å². The van der Waals surface area contributed by atoms with Crippen molar-refractivity contribution in [3.8, 4) is 0 Å². The highest BCUT2D eigenvalue weighted by atomic mass is 16.5. The maximum atomic E-state index is 11.9. The molecular weight excluding hydrogens is 316 g/mol. The minimum Gasteiger partial charge on any atom is -0.396 e. The van der Waals surface area contributed by atoms with Gasteiger partial charge in [-0.05, 0) is 36.1 Å². The lowest BCUT2D eigenvalue weighted by molar-refractivity contribution is 0.107. The van der Waals surface area contributed by atoms with Crippen molar-refractivity contribution in [2.24, 2.45) is 0 Å². The zero-order valence-electron chi connectivity index (χ0n) is 14.6. The Kier molecular flexibility index (Phi) is 7.95. The molecule has 2 aromatic rings. The molecule has 3 N–H and O–H groups in total. The van der Waals surface area contributed by atoms with Crippen LogP contribution in [0.4, 0.5) is 10.5 Å². The van der Waals surface area contributed by atoms with Crippen LogP contribution >= 0.6 is 0 Å². The van der Waals surface area contributed by atoms with Crippen molar-refractivity contribution in [3.05, 3.63) is 65.7 Å². The number of amides is 2. The van der Waals surface area contributed by atoms with Crippen molar-refractivity contribution in [3.63, 3.8) is 0 Å². The lowest BCUT2D eigenvalue weighted by atomic mass is 10.1. The van der Waals surface area contributed by atoms with Crippen LogP contribution in [-0.2, 0) is 18.0 Å². The fourth-order valence-electron chi connectivity index (χ4n) is 2.43. The third-order valence-electron chi connectivity index (χ3n) is 3.90. The summed E-state index contributed by atoms with van der Waals surface area (Å²) in [5, 5.41) is 14.6. The molecule has 25 heavy (non-hydrogen) atoms. The van der Waals surface area contributed by atoms with Crippen LogP contribution in [0.25, 0.3) is 0 Å². The molecule has 0 saturated heterocycles. The molecule has 0 heterocycles. The minimum atomic E-state index is -0.256. The molecule has 0 saturated carbocycles. The Morgan fingerprint density at radius 3 is 2.28 bits per heavy atom. The first-order chi connectivity index (χ1) is 12.2. The molecule has 1 atom stereocenters. The van der Waals surface area contributed by atoms with E-state index in [1.165, 1.54) is 0 Å². The summed E-state index contributed by atoms with van der Waals surface area (Å²) in [6.45, 7) is 3.14. The number of aliphatic hydroxyl groups excluding tert-OH is 1. The quantitative estimate of drug-likeness (QED) is 0.651. The third-order valence-corrected chi connectivity index (χ3v) is 3.90. The molecule has 2 amide bonds. The maximum Gasteiger partial charge on any atom is 0.319 e. The second kappa shape index (κ2) is 10.5. The third kappa shape index (κ3) is 6.95. The lowest BCUT2D eigenvalue weighted by Gasteiger charge is -2.16. The molecule has 2 aromatic carbocycles. The molecule has 0 spiro atoms. The molecular formula is C20H26N2O3. The molecule has 134 valence electrons. The Bertz CT molecular complexity index is 629. The maximum absolute atomic E-state index is 11.9. The number of ether oxygens (including phenoxy) is 1. The van der Waals surface area contributed by atoms with E-state index in [-0.39, 0.29) is 18.7 Å². The van der Waals surface area contributed by atoms with Gasteiger partial charge < -0.3 is 20.5 Å². The van der Waals surface area contributed by atoms with Crippen molar-refractivity contribution in [1.82, 2.24) is 5.32 Å². The molecule has 0 aliphatic heterocycles. The first-order valence-corrected chi connectivity index (χ1v) is 8.60. The van der Waals surface area contributed by atoms with E-state index in [0.717, 1.165) is 23.2 Å². The van der Waals surface area contributed by atoms with Crippen molar-refractivity contribution in [2.45, 2.75) is 39.0 Å². The average Bonchev–Trinajstić information content (AvgIpc) is 2.63. The van der Waals surface area contributed by atoms with Crippen LogP contribution in [0.3, 0.4) is 0 Å². The Labute approximate surface area is 149 Å². The predicted octanol–water partition coefficient (Wildman–Crippen LogP) is 3.69. The van der Waals surface area contributed by atoms with Gasteiger partial charge in [-0.1, -0.05) is 49.4 Å². The van der Waals surface area contributed by atoms with Gasteiger partial charge in [0.2, 0.25) is 0 Å². The van der Waals surface area contributed by atoms with E-state index < -0.39 is 0 Å². The van der Waals surface area contributed by atoms with Gasteiger partial charge in [0.15, 0.2) is 0 Å². The fourth-order valence-corrected chi connectivity index (χ4v) is 2.43. The van der Waals surface area contributed by atoms with Gasteiger partial charge in [-0.15, -0.1) is 0 Å². The van der Waals surface area contributed by atoms with Crippen molar-refractivity contribution < 1.29 is 14.6 Å². The van der Waals surface area contributed by atoms with Gasteiger partial charge in [0.25, 0.3) is 0 Å². The van der Waals surface area contributed by atoms with Crippen LogP contribution in [0.15, 0.2) is 54.6 Å². The molecule has 0 aromatic heterocycles. The van der Waals surface area contributed by atoms with E-state index in [0.29, 0.717) is 19.6 Å². The Hall–Kier alpha value is -2.37. The molecule has 1 unspecified atom stereocenters. The monoisotopic (exact) mass is 342 g/mol. The first-order valence-electron chi connectivity index (χ1n) is 8.60. The number of carbonyl (C=O) groups is 1. The normalized spacial score (nSPS) is 11.8. The van der Waals surface area contributed by atoms with Gasteiger partial charge in [-0.3, -0.25) is 0 Å². The molecule has 2 rings (SSSR count). The number of urea groups is 1. The summed E-state index contributed by atoms with van der Waals surface area (Å²) >= 11 is 0. The van der Waals surface area contributed by atoms with E-state index in [4.69, 9.17) is 9.84 Å². The van der Waals surface area contributed by atoms with Gasteiger partial charge in [-0.25, -0.2) is 4.79 Å². The van der Waals surface area contributed by atoms with Gasteiger partial charge in [-0.2, -0.15) is 0 Å². The number of hydrogen-bond donors (Lipinski definition) is 3. The van der Waals surface area contributed by atoms with Crippen LogP contribution in [0.5, 0.6) is 0 Å². The second-order valence-electron chi connectivity index (χ2n) is 5.89. The first kappa shape index (κ1) is 19.0. The van der Waals surface area contributed by atoms with Crippen molar-refractivity contribution >= 4 is 11.7 Å². The van der Waals surface area contributed by atoms with E-state index in [2.05, 4.69) is 10.6 Å². The van der Waals surface area contributed by atoms with Gasteiger partial charge in [0.05, 0.1) is 13.2 Å². The zero-order valence-corrected chi connectivity index (χ0v) is 14.6. The van der Waals surface area contributed by atoms with E-state index >= 15 is 0 Å². The molecule has 0 bridgehead atoms. The second-order valence-corrected chi connectivity index (χ2v) is 5.89. The largest absolute Gasteiger partial charge is 0.396 e. The number of benzene rings is 2. The summed E-state index contributed by atoms with van der Waals surface area (Å²) in [5.74, 6) is 0. The van der Waals surface area contributed by atoms with Crippen LogP contribution in [-0.4, -0.2) is 23.8 Å². The van der Waals surface area contributed by atoms with Crippen molar-refractivity contribution in [2.75, 3.05) is 11.9 Å². The summed E-state index contributed by atoms with van der Waals surface area (Å²) < 4.78 is 5.70. The van der Waals surface area contributed by atoms with Gasteiger partial charge in [0.1, 0.15) is 0 Å². The van der Waals surface area contributed by atoms with Crippen LogP contribution in [0.1, 0.15) is 30.9 Å². The van der Waals surface area contributed by atoms with Crippen molar-refractivity contribution in [1.29, 1.82) is 0 Å². The Morgan fingerprint density at radius 1 is 1.04 bits per heavy atom. The molecule has 0 radical (unpaired) electrons. The topological polar surface area (TPSA) is 70.6 Å². The highest BCUT2D eigenvalue weighted by Crippen LogP contribution is 2.12. The van der Waals surface area contributed by atoms with E-state index in [1.54, 1.807) is 0 Å². The molecule has 0 aliphatic carbocycles. The number of anilines is 1. The van der Waals surface area contributed by atoms with Gasteiger partial charge in [0, 0.05) is 18.3 Å². The fraction of sp³-hybridized carbons (Fsp3) is 0.350. The summed E-state index contributed by atoms with van der Waals surface area (Å²) in [5.41, 5.74) is 2.92. The zero-order chi connectivity index (χ0) is 17.9. The average molecular weight is 342 g/mol. The Morgan fingerprint density at radius 2 is 1.68 bits per heavy atom. The molecule has 5 heteroatoms. The highest BCUT2D eigenvalue weighted by Gasteiger charge is 2.09. The number of nitrogens with one attached hydrogen (secondary N) is 2. The van der Waals surface area contributed by atoms with Crippen LogP contribution < -0.4 is 10.6 Å². The van der Waals surface area contributed by atoms with Gasteiger partial charge >= 0.3 is 6.03 Å². The lowest BCUT2D eigenvalue weighted by Crippen LogP contribution is -2.38. The smallest absolute Gasteiger partial charge is 0.319 e. The number of aliphatic hydroxyl groups is 1. The standard InChI is InChI=1S/C20H26N2O3/c1-2-18(12-13-23)21-20(24)22-19-10-8-17(9-11-19)15-25-14-16-6-4-3-5-7-16/h3-11,18,23H,2,12-15H2,1H3,(H2,21,22,24). The number of carbonyl (C=O) groups excluding carboxylic acids is 1. The predicted molar refractivity (Wildman–Crippen MR) is 99.3 cm³/mol. The van der Waals surface area contributed by atoms with Crippen LogP contribution in [0.2, 0.25) is 0 Å².